The van der Waals surface area contributed by atoms with Gasteiger partial charge in [0.2, 0.25) is 11.8 Å². The van der Waals surface area contributed by atoms with E-state index in [-0.39, 0.29) is 24.2 Å². The van der Waals surface area contributed by atoms with E-state index >= 15 is 0 Å². The zero-order chi connectivity index (χ0) is 17.1. The molecule has 0 aromatic heterocycles. The second-order valence-corrected chi connectivity index (χ2v) is 6.12. The van der Waals surface area contributed by atoms with Crippen LogP contribution in [0.25, 0.3) is 0 Å². The first-order chi connectivity index (χ1) is 11.6. The van der Waals surface area contributed by atoms with Crippen molar-refractivity contribution in [2.75, 3.05) is 23.4 Å². The number of hydrogen-bond donors (Lipinski definition) is 0. The zero-order valence-corrected chi connectivity index (χ0v) is 14.1. The molecule has 0 bridgehead atoms. The van der Waals surface area contributed by atoms with E-state index in [2.05, 4.69) is 6.92 Å². The third-order valence-electron chi connectivity index (χ3n) is 4.61. The highest BCUT2D eigenvalue weighted by atomic mass is 16.2. The summed E-state index contributed by atoms with van der Waals surface area (Å²) in [5.41, 5.74) is 2.92. The van der Waals surface area contributed by atoms with E-state index in [4.69, 9.17) is 0 Å². The van der Waals surface area contributed by atoms with Crippen molar-refractivity contribution < 1.29 is 9.59 Å². The van der Waals surface area contributed by atoms with Crippen LogP contribution in [0.5, 0.6) is 0 Å². The van der Waals surface area contributed by atoms with Crippen molar-refractivity contribution >= 4 is 23.2 Å². The third kappa shape index (κ3) is 3.04. The van der Waals surface area contributed by atoms with Gasteiger partial charge in [-0.25, -0.2) is 0 Å². The molecule has 4 nitrogen and oxygen atoms in total. The lowest BCUT2D eigenvalue weighted by Gasteiger charge is -2.22. The van der Waals surface area contributed by atoms with Crippen LogP contribution in [-0.4, -0.2) is 25.4 Å². The Morgan fingerprint density at radius 2 is 1.79 bits per heavy atom. The monoisotopic (exact) mass is 322 g/mol. The zero-order valence-electron chi connectivity index (χ0n) is 14.1. The Bertz CT molecular complexity index is 742. The number of rotatable bonds is 4. The number of amides is 2. The van der Waals surface area contributed by atoms with Gasteiger partial charge in [0.25, 0.3) is 0 Å². The molecular weight excluding hydrogens is 300 g/mol. The summed E-state index contributed by atoms with van der Waals surface area (Å²) >= 11 is 0. The van der Waals surface area contributed by atoms with Crippen LogP contribution in [0, 0.1) is 5.92 Å². The number of nitrogens with zero attached hydrogens (tertiary/aromatic N) is 2. The van der Waals surface area contributed by atoms with Gasteiger partial charge in [-0.05, 0) is 30.2 Å². The second kappa shape index (κ2) is 6.87. The van der Waals surface area contributed by atoms with Gasteiger partial charge >= 0.3 is 0 Å². The smallest absolute Gasteiger partial charge is 0.232 e. The fourth-order valence-corrected chi connectivity index (χ4v) is 3.23. The van der Waals surface area contributed by atoms with E-state index in [1.165, 1.54) is 0 Å². The molecule has 124 valence electrons. The van der Waals surface area contributed by atoms with Crippen molar-refractivity contribution in [3.63, 3.8) is 0 Å². The summed E-state index contributed by atoms with van der Waals surface area (Å²) < 4.78 is 0. The van der Waals surface area contributed by atoms with Crippen LogP contribution in [0.15, 0.2) is 54.6 Å². The van der Waals surface area contributed by atoms with E-state index in [9.17, 15) is 9.59 Å². The molecule has 0 saturated carbocycles. The summed E-state index contributed by atoms with van der Waals surface area (Å²) in [6, 6.07) is 17.5. The number of hydrogen-bond acceptors (Lipinski definition) is 2. The molecule has 3 rings (SSSR count). The van der Waals surface area contributed by atoms with E-state index in [1.807, 2.05) is 54.6 Å². The maximum atomic E-state index is 12.8. The summed E-state index contributed by atoms with van der Waals surface area (Å²) in [6.45, 7) is 2.52. The average molecular weight is 322 g/mol. The number of carbonyl (C=O) groups is 2. The summed E-state index contributed by atoms with van der Waals surface area (Å²) in [7, 11) is 1.77. The molecule has 1 heterocycles. The fourth-order valence-electron chi connectivity index (χ4n) is 3.23. The molecule has 1 saturated heterocycles. The molecule has 0 N–H and O–H groups in total. The molecule has 24 heavy (non-hydrogen) atoms. The van der Waals surface area contributed by atoms with Gasteiger partial charge in [-0.15, -0.1) is 0 Å². The topological polar surface area (TPSA) is 40.6 Å². The van der Waals surface area contributed by atoms with Gasteiger partial charge in [-0.2, -0.15) is 0 Å². The Morgan fingerprint density at radius 1 is 1.12 bits per heavy atom. The minimum Gasteiger partial charge on any atom is -0.315 e. The SMILES string of the molecule is CCc1ccccc1N1CC(C(=O)N(C)c2ccccc2)CC1=O. The summed E-state index contributed by atoms with van der Waals surface area (Å²) in [5.74, 6) is -0.283. The number of aryl methyl sites for hydroxylation is 1. The van der Waals surface area contributed by atoms with E-state index < -0.39 is 0 Å². The van der Waals surface area contributed by atoms with Gasteiger partial charge in [-0.3, -0.25) is 9.59 Å². The van der Waals surface area contributed by atoms with Crippen molar-refractivity contribution in [2.24, 2.45) is 5.92 Å². The first-order valence-electron chi connectivity index (χ1n) is 8.32. The van der Waals surface area contributed by atoms with E-state index in [0.29, 0.717) is 6.54 Å². The molecule has 0 aliphatic carbocycles. The predicted octanol–water partition coefficient (Wildman–Crippen LogP) is 3.26. The first-order valence-corrected chi connectivity index (χ1v) is 8.32. The maximum absolute atomic E-state index is 12.8. The van der Waals surface area contributed by atoms with Gasteiger partial charge in [0, 0.05) is 31.4 Å². The van der Waals surface area contributed by atoms with Gasteiger partial charge in [0.15, 0.2) is 0 Å². The molecule has 1 unspecified atom stereocenters. The Kier molecular flexibility index (Phi) is 4.65. The molecule has 2 amide bonds. The van der Waals surface area contributed by atoms with Crippen LogP contribution in [0.2, 0.25) is 0 Å². The quantitative estimate of drug-likeness (QED) is 0.867. The van der Waals surface area contributed by atoms with Gasteiger partial charge in [0.1, 0.15) is 0 Å². The van der Waals surface area contributed by atoms with E-state index in [1.54, 1.807) is 16.8 Å². The predicted molar refractivity (Wildman–Crippen MR) is 96.1 cm³/mol. The molecule has 2 aromatic carbocycles. The lowest BCUT2D eigenvalue weighted by atomic mass is 10.1. The number of carbonyl (C=O) groups excluding carboxylic acids is 2. The van der Waals surface area contributed by atoms with Crippen molar-refractivity contribution in [2.45, 2.75) is 19.8 Å². The number of benzene rings is 2. The van der Waals surface area contributed by atoms with Crippen LogP contribution in [-0.2, 0) is 16.0 Å². The Labute approximate surface area is 142 Å². The van der Waals surface area contributed by atoms with Crippen molar-refractivity contribution in [3.8, 4) is 0 Å². The summed E-state index contributed by atoms with van der Waals surface area (Å²) in [6.07, 6.45) is 1.14. The Morgan fingerprint density at radius 3 is 2.50 bits per heavy atom. The Hall–Kier alpha value is -2.62. The van der Waals surface area contributed by atoms with Crippen LogP contribution in [0.1, 0.15) is 18.9 Å². The third-order valence-corrected chi connectivity index (χ3v) is 4.61. The Balaban J connectivity index is 1.78. The van der Waals surface area contributed by atoms with Crippen molar-refractivity contribution in [3.05, 3.63) is 60.2 Å². The molecule has 2 aromatic rings. The largest absolute Gasteiger partial charge is 0.315 e. The van der Waals surface area contributed by atoms with Gasteiger partial charge < -0.3 is 9.80 Å². The molecule has 4 heteroatoms. The van der Waals surface area contributed by atoms with Crippen molar-refractivity contribution in [1.82, 2.24) is 0 Å². The lowest BCUT2D eigenvalue weighted by Crippen LogP contribution is -2.34. The maximum Gasteiger partial charge on any atom is 0.232 e. The second-order valence-electron chi connectivity index (χ2n) is 6.12. The number of para-hydroxylation sites is 2. The molecule has 0 spiro atoms. The highest BCUT2D eigenvalue weighted by Crippen LogP contribution is 2.30. The van der Waals surface area contributed by atoms with Gasteiger partial charge in [0.05, 0.1) is 5.92 Å². The van der Waals surface area contributed by atoms with Crippen molar-refractivity contribution in [1.29, 1.82) is 0 Å². The van der Waals surface area contributed by atoms with E-state index in [0.717, 1.165) is 23.4 Å². The molecule has 1 aliphatic rings. The molecule has 1 atom stereocenters. The van der Waals surface area contributed by atoms with Gasteiger partial charge in [-0.1, -0.05) is 43.3 Å². The number of anilines is 2. The molecule has 1 fully saturated rings. The highest BCUT2D eigenvalue weighted by molar-refractivity contribution is 6.04. The van der Waals surface area contributed by atoms with Crippen LogP contribution >= 0.6 is 0 Å². The van der Waals surface area contributed by atoms with Crippen LogP contribution < -0.4 is 9.80 Å². The van der Waals surface area contributed by atoms with Crippen LogP contribution in [0.4, 0.5) is 11.4 Å². The van der Waals surface area contributed by atoms with Crippen LogP contribution in [0.3, 0.4) is 0 Å². The standard InChI is InChI=1S/C20H22N2O2/c1-3-15-9-7-8-12-18(15)22-14-16(13-19(22)23)20(24)21(2)17-10-5-4-6-11-17/h4-12,16H,3,13-14H2,1-2H3. The fraction of sp³-hybridized carbons (Fsp3) is 0.300. The highest BCUT2D eigenvalue weighted by Gasteiger charge is 2.37. The summed E-state index contributed by atoms with van der Waals surface area (Å²) in [5, 5.41) is 0. The first kappa shape index (κ1) is 16.2. The summed E-state index contributed by atoms with van der Waals surface area (Å²) in [4.78, 5) is 28.7. The molecule has 1 aliphatic heterocycles. The normalized spacial score (nSPS) is 17.2. The molecule has 0 radical (unpaired) electrons. The average Bonchev–Trinajstić information content (AvgIpc) is 3.02. The minimum absolute atomic E-state index is 0.00831. The minimum atomic E-state index is -0.299. The lowest BCUT2D eigenvalue weighted by molar-refractivity contribution is -0.124. The molecular formula is C20H22N2O2.